The maximum Gasteiger partial charge on any atom is 0.425 e. The van der Waals surface area contributed by atoms with Crippen molar-refractivity contribution in [3.63, 3.8) is 0 Å². The number of rotatable bonds is 5. The first-order valence-corrected chi connectivity index (χ1v) is 6.09. The Kier molecular flexibility index (Phi) is 4.95. The molecule has 0 aliphatic carbocycles. The lowest BCUT2D eigenvalue weighted by Gasteiger charge is -2.22. The van der Waals surface area contributed by atoms with E-state index < -0.39 is 24.0 Å². The normalized spacial score (nSPS) is 14.6. The zero-order valence-electron chi connectivity index (χ0n) is 9.05. The van der Waals surface area contributed by atoms with E-state index in [-0.39, 0.29) is 5.75 Å². The Balaban J connectivity index is 2.47. The van der Waals surface area contributed by atoms with Crippen LogP contribution in [0.15, 0.2) is 30.3 Å². The maximum absolute atomic E-state index is 12.9. The van der Waals surface area contributed by atoms with Gasteiger partial charge in [-0.15, -0.1) is 0 Å². The van der Waals surface area contributed by atoms with E-state index in [0.29, 0.717) is 17.3 Å². The van der Waals surface area contributed by atoms with Gasteiger partial charge in [0.2, 0.25) is 0 Å². The molecule has 7 heteroatoms. The molecule has 0 nitrogen and oxygen atoms in total. The van der Waals surface area contributed by atoms with E-state index in [4.69, 9.17) is 0 Å². The van der Waals surface area contributed by atoms with Crippen LogP contribution in [0.25, 0.3) is 0 Å². The molecule has 1 unspecified atom stereocenters. The van der Waals surface area contributed by atoms with Gasteiger partial charge >= 0.3 is 6.18 Å². The summed E-state index contributed by atoms with van der Waals surface area (Å²) in [6.45, 7) is 0. The van der Waals surface area contributed by atoms with Crippen LogP contribution in [0.1, 0.15) is 5.56 Å². The van der Waals surface area contributed by atoms with Crippen molar-refractivity contribution in [3.8, 4) is 0 Å². The third-order valence-electron chi connectivity index (χ3n) is 2.06. The third-order valence-corrected chi connectivity index (χ3v) is 3.19. The van der Waals surface area contributed by atoms with E-state index in [0.717, 1.165) is 0 Å². The zero-order valence-corrected chi connectivity index (χ0v) is 9.87. The summed E-state index contributed by atoms with van der Waals surface area (Å²) in [5.41, 5.74) is 0.695. The van der Waals surface area contributed by atoms with Crippen molar-refractivity contribution in [1.29, 1.82) is 0 Å². The van der Waals surface area contributed by atoms with Gasteiger partial charge in [0.15, 0.2) is 0 Å². The molecule has 0 spiro atoms. The van der Waals surface area contributed by atoms with Gasteiger partial charge in [-0.2, -0.15) is 24.9 Å². The molecule has 1 rings (SSSR count). The Morgan fingerprint density at radius 3 is 2.06 bits per heavy atom. The van der Waals surface area contributed by atoms with Crippen molar-refractivity contribution < 1.29 is 26.3 Å². The average Bonchev–Trinajstić information content (AvgIpc) is 2.28. The second kappa shape index (κ2) is 5.86. The molecule has 102 valence electrons. The molecule has 0 bridgehead atoms. The number of benzene rings is 1. The minimum Gasteiger partial charge on any atom is -0.231 e. The number of thioether (sulfide) groups is 1. The molecular formula is C11H10F6S. The van der Waals surface area contributed by atoms with Gasteiger partial charge in [-0.05, 0) is 5.56 Å². The quantitative estimate of drug-likeness (QED) is 0.721. The van der Waals surface area contributed by atoms with Crippen LogP contribution < -0.4 is 0 Å². The summed E-state index contributed by atoms with van der Waals surface area (Å²) >= 11 is 0.568. The molecule has 1 atom stereocenters. The summed E-state index contributed by atoms with van der Waals surface area (Å²) in [4.78, 5) is 0. The monoisotopic (exact) mass is 288 g/mol. The highest BCUT2D eigenvalue weighted by Crippen LogP contribution is 2.37. The Morgan fingerprint density at radius 1 is 1.00 bits per heavy atom. The second-order valence-corrected chi connectivity index (χ2v) is 4.63. The van der Waals surface area contributed by atoms with Crippen LogP contribution in [-0.4, -0.2) is 24.0 Å². The van der Waals surface area contributed by atoms with Crippen LogP contribution in [0.2, 0.25) is 0 Å². The first-order chi connectivity index (χ1) is 8.23. The second-order valence-electron chi connectivity index (χ2n) is 3.64. The number of halogens is 6. The van der Waals surface area contributed by atoms with Crippen LogP contribution >= 0.6 is 11.8 Å². The molecule has 0 aliphatic rings. The molecule has 0 heterocycles. The van der Waals surface area contributed by atoms with Gasteiger partial charge in [0.1, 0.15) is 0 Å². The van der Waals surface area contributed by atoms with Crippen LogP contribution in [0, 0.1) is 0 Å². The molecular weight excluding hydrogens is 278 g/mol. The largest absolute Gasteiger partial charge is 0.425 e. The molecule has 18 heavy (non-hydrogen) atoms. The summed E-state index contributed by atoms with van der Waals surface area (Å²) in [5.74, 6) is -5.50. The Bertz CT molecular complexity index is 362. The van der Waals surface area contributed by atoms with Crippen LogP contribution in [0.3, 0.4) is 0 Å². The van der Waals surface area contributed by atoms with E-state index in [1.54, 1.807) is 30.3 Å². The molecule has 0 radical (unpaired) electrons. The van der Waals surface area contributed by atoms with Crippen LogP contribution in [0.5, 0.6) is 0 Å². The standard InChI is InChI=1S/C11H10F6S/c12-9(11(15,16)17)10(13,14)7-18-6-8-4-2-1-3-5-8/h1-5,9H,6-7H2. The highest BCUT2D eigenvalue weighted by molar-refractivity contribution is 7.98. The molecule has 0 fully saturated rings. The van der Waals surface area contributed by atoms with E-state index in [1.165, 1.54) is 0 Å². The van der Waals surface area contributed by atoms with E-state index in [1.807, 2.05) is 0 Å². The smallest absolute Gasteiger partial charge is 0.231 e. The summed E-state index contributed by atoms with van der Waals surface area (Å²) in [7, 11) is 0. The van der Waals surface area contributed by atoms with Crippen LogP contribution in [-0.2, 0) is 5.75 Å². The van der Waals surface area contributed by atoms with Gasteiger partial charge in [0.25, 0.3) is 12.1 Å². The molecule has 0 N–H and O–H groups in total. The van der Waals surface area contributed by atoms with E-state index in [9.17, 15) is 26.3 Å². The van der Waals surface area contributed by atoms with Crippen molar-refractivity contribution in [1.82, 2.24) is 0 Å². The lowest BCUT2D eigenvalue weighted by atomic mass is 10.2. The fraction of sp³-hybridized carbons (Fsp3) is 0.455. The predicted molar refractivity (Wildman–Crippen MR) is 58.5 cm³/mol. The highest BCUT2D eigenvalue weighted by atomic mass is 32.2. The van der Waals surface area contributed by atoms with Gasteiger partial charge in [0.05, 0.1) is 5.75 Å². The average molecular weight is 288 g/mol. The van der Waals surface area contributed by atoms with E-state index >= 15 is 0 Å². The number of hydrogen-bond acceptors (Lipinski definition) is 1. The van der Waals surface area contributed by atoms with Crippen molar-refractivity contribution in [2.24, 2.45) is 0 Å². The third kappa shape index (κ3) is 4.44. The molecule has 0 saturated heterocycles. The van der Waals surface area contributed by atoms with Gasteiger partial charge in [0, 0.05) is 5.75 Å². The van der Waals surface area contributed by atoms with Crippen molar-refractivity contribution >= 4 is 11.8 Å². The molecule has 0 aromatic heterocycles. The number of hydrogen-bond donors (Lipinski definition) is 0. The van der Waals surface area contributed by atoms with Crippen molar-refractivity contribution in [2.45, 2.75) is 24.0 Å². The Morgan fingerprint density at radius 2 is 1.56 bits per heavy atom. The fourth-order valence-corrected chi connectivity index (χ4v) is 2.14. The van der Waals surface area contributed by atoms with Gasteiger partial charge in [-0.1, -0.05) is 30.3 Å². The molecule has 0 saturated carbocycles. The Labute approximate surface area is 104 Å². The number of alkyl halides is 6. The topological polar surface area (TPSA) is 0 Å². The zero-order chi connectivity index (χ0) is 13.8. The molecule has 0 amide bonds. The Hall–Kier alpha value is -0.850. The summed E-state index contributed by atoms with van der Waals surface area (Å²) < 4.78 is 73.8. The van der Waals surface area contributed by atoms with Gasteiger partial charge < -0.3 is 0 Å². The SMILES string of the molecule is FC(C(F)(F)F)C(F)(F)CSCc1ccccc1. The minimum atomic E-state index is -5.53. The lowest BCUT2D eigenvalue weighted by molar-refractivity contribution is -0.237. The van der Waals surface area contributed by atoms with Gasteiger partial charge in [-0.3, -0.25) is 0 Å². The van der Waals surface area contributed by atoms with Crippen LogP contribution in [0.4, 0.5) is 26.3 Å². The highest BCUT2D eigenvalue weighted by Gasteiger charge is 2.56. The lowest BCUT2D eigenvalue weighted by Crippen LogP contribution is -2.43. The molecule has 1 aromatic rings. The van der Waals surface area contributed by atoms with E-state index in [2.05, 4.69) is 0 Å². The summed E-state index contributed by atoms with van der Waals surface area (Å²) in [6, 6.07) is 8.40. The fourth-order valence-electron chi connectivity index (χ4n) is 1.19. The van der Waals surface area contributed by atoms with Gasteiger partial charge in [-0.25, -0.2) is 13.2 Å². The first-order valence-electron chi connectivity index (χ1n) is 4.94. The van der Waals surface area contributed by atoms with Crippen molar-refractivity contribution in [3.05, 3.63) is 35.9 Å². The minimum absolute atomic E-state index is 0.112. The first kappa shape index (κ1) is 15.2. The maximum atomic E-state index is 12.9. The predicted octanol–water partition coefficient (Wildman–Crippen LogP) is 4.46. The molecule has 0 aliphatic heterocycles. The van der Waals surface area contributed by atoms with Crippen molar-refractivity contribution in [2.75, 3.05) is 5.75 Å². The summed E-state index contributed by atoms with van der Waals surface area (Å²) in [5, 5.41) is 0. The molecule has 1 aromatic carbocycles. The summed E-state index contributed by atoms with van der Waals surface area (Å²) in [6.07, 6.45) is -9.65.